The third-order valence-electron chi connectivity index (χ3n) is 2.96. The number of nitrogens with one attached hydrogen (secondary N) is 1. The van der Waals surface area contributed by atoms with E-state index in [1.54, 1.807) is 23.1 Å². The van der Waals surface area contributed by atoms with Gasteiger partial charge in [-0.25, -0.2) is 4.98 Å². The van der Waals surface area contributed by atoms with Crippen LogP contribution in [0.1, 0.15) is 17.8 Å². The summed E-state index contributed by atoms with van der Waals surface area (Å²) in [6, 6.07) is 8.13. The van der Waals surface area contributed by atoms with E-state index in [0.29, 0.717) is 6.42 Å². The molecule has 20 heavy (non-hydrogen) atoms. The molecule has 2 aromatic rings. The lowest BCUT2D eigenvalue weighted by molar-refractivity contribution is -0.119. The molecule has 1 aliphatic heterocycles. The fraction of sp³-hybridized carbons (Fsp3) is 0.357. The normalized spacial score (nSPS) is 14.5. The highest BCUT2D eigenvalue weighted by atomic mass is 32.2. The van der Waals surface area contributed by atoms with Gasteiger partial charge in [0, 0.05) is 12.2 Å². The van der Waals surface area contributed by atoms with Crippen LogP contribution < -0.4 is 5.32 Å². The first-order valence-electron chi connectivity index (χ1n) is 6.63. The first-order valence-corrected chi connectivity index (χ1v) is 8.43. The SMILES string of the molecule is O=C(CCCc1nc2ccccc2s1)NC1=NCCS1. The van der Waals surface area contributed by atoms with Crippen molar-refractivity contribution in [1.82, 2.24) is 10.3 Å². The molecule has 0 saturated carbocycles. The first kappa shape index (κ1) is 13.6. The number of thiazole rings is 1. The zero-order valence-electron chi connectivity index (χ0n) is 11.0. The van der Waals surface area contributed by atoms with Crippen molar-refractivity contribution in [1.29, 1.82) is 0 Å². The van der Waals surface area contributed by atoms with Crippen molar-refractivity contribution < 1.29 is 4.79 Å². The minimum atomic E-state index is 0.0549. The monoisotopic (exact) mass is 305 g/mol. The van der Waals surface area contributed by atoms with Crippen molar-refractivity contribution in [3.8, 4) is 0 Å². The fourth-order valence-corrected chi connectivity index (χ4v) is 3.77. The predicted octanol–water partition coefficient (Wildman–Crippen LogP) is 2.84. The topological polar surface area (TPSA) is 54.4 Å². The summed E-state index contributed by atoms with van der Waals surface area (Å²) in [5.74, 6) is 1.03. The summed E-state index contributed by atoms with van der Waals surface area (Å²) in [5, 5.41) is 4.73. The highest BCUT2D eigenvalue weighted by molar-refractivity contribution is 8.14. The number of carbonyl (C=O) groups excluding carboxylic acids is 1. The Kier molecular flexibility index (Phi) is 4.32. The number of fused-ring (bicyclic) bond motifs is 1. The molecule has 1 aromatic carbocycles. The fourth-order valence-electron chi connectivity index (χ4n) is 2.02. The van der Waals surface area contributed by atoms with Crippen LogP contribution in [-0.4, -0.2) is 28.4 Å². The molecule has 3 rings (SSSR count). The molecular weight excluding hydrogens is 290 g/mol. The van der Waals surface area contributed by atoms with Crippen LogP contribution in [0.3, 0.4) is 0 Å². The molecule has 4 nitrogen and oxygen atoms in total. The zero-order valence-corrected chi connectivity index (χ0v) is 12.6. The Morgan fingerprint density at radius 2 is 2.25 bits per heavy atom. The van der Waals surface area contributed by atoms with Gasteiger partial charge in [0.25, 0.3) is 0 Å². The largest absolute Gasteiger partial charge is 0.305 e. The minimum Gasteiger partial charge on any atom is -0.305 e. The average molecular weight is 305 g/mol. The molecule has 104 valence electrons. The maximum absolute atomic E-state index is 11.7. The van der Waals surface area contributed by atoms with E-state index >= 15 is 0 Å². The number of carbonyl (C=O) groups is 1. The number of rotatable bonds is 4. The number of aliphatic imine (C=N–C) groups is 1. The Hall–Kier alpha value is -1.40. The van der Waals surface area contributed by atoms with Crippen LogP contribution in [0.4, 0.5) is 0 Å². The summed E-state index contributed by atoms with van der Waals surface area (Å²) in [6.45, 7) is 0.811. The molecule has 6 heteroatoms. The van der Waals surface area contributed by atoms with E-state index in [9.17, 15) is 4.79 Å². The Bertz CT molecular complexity index is 618. The number of thioether (sulfide) groups is 1. The van der Waals surface area contributed by atoms with Crippen molar-refractivity contribution in [3.63, 3.8) is 0 Å². The van der Waals surface area contributed by atoms with E-state index in [-0.39, 0.29) is 5.91 Å². The van der Waals surface area contributed by atoms with Gasteiger partial charge in [-0.05, 0) is 25.0 Å². The van der Waals surface area contributed by atoms with Gasteiger partial charge in [-0.15, -0.1) is 11.3 Å². The maximum Gasteiger partial charge on any atom is 0.225 e. The first-order chi connectivity index (χ1) is 9.81. The van der Waals surface area contributed by atoms with Gasteiger partial charge < -0.3 is 5.32 Å². The highest BCUT2D eigenvalue weighted by Crippen LogP contribution is 2.22. The van der Waals surface area contributed by atoms with E-state index in [1.165, 1.54) is 4.70 Å². The molecule has 0 atom stereocenters. The van der Waals surface area contributed by atoms with E-state index in [4.69, 9.17) is 0 Å². The second-order valence-electron chi connectivity index (χ2n) is 4.51. The molecule has 0 saturated heterocycles. The molecular formula is C14H15N3OS2. The van der Waals surface area contributed by atoms with Crippen LogP contribution in [0.15, 0.2) is 29.3 Å². The summed E-state index contributed by atoms with van der Waals surface area (Å²) >= 11 is 3.32. The van der Waals surface area contributed by atoms with E-state index < -0.39 is 0 Å². The van der Waals surface area contributed by atoms with Crippen molar-refractivity contribution >= 4 is 44.4 Å². The third kappa shape index (κ3) is 3.37. The van der Waals surface area contributed by atoms with Gasteiger partial charge in [0.15, 0.2) is 5.17 Å². The molecule has 1 N–H and O–H groups in total. The summed E-state index contributed by atoms with van der Waals surface area (Å²) in [5.41, 5.74) is 1.05. The van der Waals surface area contributed by atoms with E-state index in [0.717, 1.165) is 40.8 Å². The summed E-state index contributed by atoms with van der Waals surface area (Å²) in [7, 11) is 0. The van der Waals surface area contributed by atoms with Gasteiger partial charge >= 0.3 is 0 Å². The van der Waals surface area contributed by atoms with Gasteiger partial charge in [0.1, 0.15) is 0 Å². The number of amidine groups is 1. The molecule has 2 heterocycles. The number of para-hydroxylation sites is 1. The van der Waals surface area contributed by atoms with Gasteiger partial charge in [-0.3, -0.25) is 9.79 Å². The van der Waals surface area contributed by atoms with Crippen LogP contribution in [0, 0.1) is 0 Å². The molecule has 1 amide bonds. The van der Waals surface area contributed by atoms with E-state index in [2.05, 4.69) is 21.4 Å². The van der Waals surface area contributed by atoms with Crippen LogP contribution in [-0.2, 0) is 11.2 Å². The number of hydrogen-bond donors (Lipinski definition) is 1. The van der Waals surface area contributed by atoms with Crippen molar-refractivity contribution in [2.45, 2.75) is 19.3 Å². The summed E-state index contributed by atoms with van der Waals surface area (Å²) in [6.07, 6.45) is 2.20. The highest BCUT2D eigenvalue weighted by Gasteiger charge is 2.11. The molecule has 1 aliphatic rings. The van der Waals surface area contributed by atoms with Gasteiger partial charge in [0.05, 0.1) is 21.8 Å². The number of nitrogens with zero attached hydrogens (tertiary/aromatic N) is 2. The number of hydrogen-bond acceptors (Lipinski definition) is 5. The lowest BCUT2D eigenvalue weighted by Gasteiger charge is -2.02. The molecule has 0 fully saturated rings. The van der Waals surface area contributed by atoms with Gasteiger partial charge in [0.2, 0.25) is 5.91 Å². The van der Waals surface area contributed by atoms with E-state index in [1.807, 2.05) is 18.2 Å². The Morgan fingerprint density at radius 1 is 1.35 bits per heavy atom. The second kappa shape index (κ2) is 6.37. The van der Waals surface area contributed by atoms with Crippen molar-refractivity contribution in [2.75, 3.05) is 12.3 Å². The van der Waals surface area contributed by atoms with Crippen LogP contribution in [0.25, 0.3) is 10.2 Å². The minimum absolute atomic E-state index is 0.0549. The molecule has 0 unspecified atom stereocenters. The number of aryl methyl sites for hydroxylation is 1. The quantitative estimate of drug-likeness (QED) is 0.945. The average Bonchev–Trinajstić information content (AvgIpc) is 3.07. The number of amides is 1. The van der Waals surface area contributed by atoms with Gasteiger partial charge in [-0.2, -0.15) is 0 Å². The van der Waals surface area contributed by atoms with Crippen LogP contribution in [0.5, 0.6) is 0 Å². The molecule has 1 aromatic heterocycles. The Labute approximate surface area is 125 Å². The number of benzene rings is 1. The molecule has 0 radical (unpaired) electrons. The van der Waals surface area contributed by atoms with Crippen molar-refractivity contribution in [3.05, 3.63) is 29.3 Å². The molecule has 0 bridgehead atoms. The predicted molar refractivity (Wildman–Crippen MR) is 85.5 cm³/mol. The third-order valence-corrected chi connectivity index (χ3v) is 4.95. The number of aromatic nitrogens is 1. The Balaban J connectivity index is 1.48. The Morgan fingerprint density at radius 3 is 3.05 bits per heavy atom. The summed E-state index contributed by atoms with van der Waals surface area (Å²) in [4.78, 5) is 20.5. The second-order valence-corrected chi connectivity index (χ2v) is 6.71. The standard InChI is InChI=1S/C14H15N3OS2/c18-12(17-14-15-8-9-19-14)6-3-7-13-16-10-4-1-2-5-11(10)20-13/h1-2,4-5H,3,6-9H2,(H,15,17,18). The molecule has 0 spiro atoms. The molecule has 0 aliphatic carbocycles. The van der Waals surface area contributed by atoms with Crippen LogP contribution in [0.2, 0.25) is 0 Å². The van der Waals surface area contributed by atoms with Gasteiger partial charge in [-0.1, -0.05) is 23.9 Å². The zero-order chi connectivity index (χ0) is 13.8. The lowest BCUT2D eigenvalue weighted by atomic mass is 10.2. The van der Waals surface area contributed by atoms with Crippen LogP contribution >= 0.6 is 23.1 Å². The smallest absolute Gasteiger partial charge is 0.225 e. The maximum atomic E-state index is 11.7. The summed E-state index contributed by atoms with van der Waals surface area (Å²) < 4.78 is 1.21. The van der Waals surface area contributed by atoms with Crippen molar-refractivity contribution in [2.24, 2.45) is 4.99 Å². The lowest BCUT2D eigenvalue weighted by Crippen LogP contribution is -2.27.